The second kappa shape index (κ2) is 8.29. The van der Waals surface area contributed by atoms with E-state index in [-0.39, 0.29) is 11.8 Å². The van der Waals surface area contributed by atoms with Crippen molar-refractivity contribution in [3.05, 3.63) is 35.9 Å². The van der Waals surface area contributed by atoms with E-state index in [0.717, 1.165) is 12.8 Å². The van der Waals surface area contributed by atoms with Crippen molar-refractivity contribution in [1.82, 2.24) is 4.31 Å². The maximum Gasteiger partial charge on any atom is 0.134 e. The van der Waals surface area contributed by atoms with Crippen LogP contribution in [0.25, 0.3) is 0 Å². The molecule has 1 atom stereocenters. The minimum absolute atomic E-state index is 0.0430. The zero-order chi connectivity index (χ0) is 13.4. The number of carbonyl (C=O) groups excluding carboxylic acids is 1. The molecule has 0 radical (unpaired) electrons. The lowest BCUT2D eigenvalue weighted by molar-refractivity contribution is -0.119. The van der Waals surface area contributed by atoms with Gasteiger partial charge in [-0.2, -0.15) is 0 Å². The van der Waals surface area contributed by atoms with E-state index in [2.05, 4.69) is 0 Å². The van der Waals surface area contributed by atoms with Gasteiger partial charge in [-0.05, 0) is 25.5 Å². The van der Waals surface area contributed by atoms with Crippen molar-refractivity contribution in [1.29, 1.82) is 0 Å². The van der Waals surface area contributed by atoms with E-state index < -0.39 is 0 Å². The number of benzene rings is 1. The Balaban J connectivity index is 2.64. The Morgan fingerprint density at radius 3 is 2.61 bits per heavy atom. The number of hydrogen-bond acceptors (Lipinski definition) is 4. The number of Topliss-reactive ketones (excluding diaryl/α,β-unsaturated/α-hetero) is 1. The Bertz CT molecular complexity index is 356. The van der Waals surface area contributed by atoms with Gasteiger partial charge in [0.1, 0.15) is 5.78 Å². The summed E-state index contributed by atoms with van der Waals surface area (Å²) in [6.45, 7) is 2.01. The lowest BCUT2D eigenvalue weighted by Gasteiger charge is -2.24. The van der Waals surface area contributed by atoms with Gasteiger partial charge in [0, 0.05) is 18.9 Å². The summed E-state index contributed by atoms with van der Waals surface area (Å²) in [5.74, 6) is 0.263. The molecule has 1 N–H and O–H groups in total. The maximum absolute atomic E-state index is 11.7. The van der Waals surface area contributed by atoms with Crippen molar-refractivity contribution in [2.45, 2.75) is 38.6 Å². The molecule has 0 saturated carbocycles. The molecule has 0 aliphatic carbocycles. The predicted octanol–water partition coefficient (Wildman–Crippen LogP) is 3.41. The summed E-state index contributed by atoms with van der Waals surface area (Å²) in [5, 5.41) is 0. The van der Waals surface area contributed by atoms with E-state index in [0.29, 0.717) is 25.1 Å². The summed E-state index contributed by atoms with van der Waals surface area (Å²) in [7, 11) is 1.82. The Kier molecular flexibility index (Phi) is 7.01. The molecule has 0 amide bonds. The topological polar surface area (TPSA) is 40.5 Å². The van der Waals surface area contributed by atoms with Gasteiger partial charge in [0.2, 0.25) is 0 Å². The second-order valence-electron chi connectivity index (χ2n) is 4.46. The van der Waals surface area contributed by atoms with E-state index in [1.165, 1.54) is 5.56 Å². The summed E-state index contributed by atoms with van der Waals surface area (Å²) in [6.07, 6.45) is 2.77. The summed E-state index contributed by atoms with van der Waals surface area (Å²) in [4.78, 5) is 11.7. The highest BCUT2D eigenvalue weighted by molar-refractivity contribution is 7.91. The highest BCUT2D eigenvalue weighted by Gasteiger charge is 2.19. The fraction of sp³-hybridized carbons (Fsp3) is 0.500. The fourth-order valence-corrected chi connectivity index (χ4v) is 2.21. The van der Waals surface area contributed by atoms with Crippen LogP contribution in [0.5, 0.6) is 0 Å². The van der Waals surface area contributed by atoms with Crippen LogP contribution in [-0.4, -0.2) is 27.7 Å². The van der Waals surface area contributed by atoms with Gasteiger partial charge in [0.25, 0.3) is 0 Å². The third-order valence-electron chi connectivity index (χ3n) is 2.95. The molecule has 3 nitrogen and oxygen atoms in total. The summed E-state index contributed by atoms with van der Waals surface area (Å²) < 4.78 is 10.9. The lowest BCUT2D eigenvalue weighted by Crippen LogP contribution is -2.30. The normalized spacial score (nSPS) is 12.7. The van der Waals surface area contributed by atoms with Crippen LogP contribution in [0, 0.1) is 0 Å². The van der Waals surface area contributed by atoms with Crippen LogP contribution >= 0.6 is 12.2 Å². The molecule has 0 aliphatic heterocycles. The molecule has 0 heterocycles. The smallest absolute Gasteiger partial charge is 0.134 e. The average Bonchev–Trinajstić information content (AvgIpc) is 2.38. The molecule has 0 bridgehead atoms. The van der Waals surface area contributed by atoms with Gasteiger partial charge >= 0.3 is 0 Å². The molecule has 0 saturated heterocycles. The van der Waals surface area contributed by atoms with Crippen LogP contribution in [0.1, 0.15) is 31.7 Å². The summed E-state index contributed by atoms with van der Waals surface area (Å²) in [5.41, 5.74) is 1.19. The third kappa shape index (κ3) is 5.21. The van der Waals surface area contributed by atoms with Crippen molar-refractivity contribution >= 4 is 18.0 Å². The van der Waals surface area contributed by atoms with Crippen LogP contribution in [0.15, 0.2) is 30.3 Å². The molecule has 0 aromatic heterocycles. The molecule has 1 rings (SSSR count). The molecular weight excluding hydrogens is 246 g/mol. The van der Waals surface area contributed by atoms with Gasteiger partial charge in [-0.25, -0.2) is 4.31 Å². The largest absolute Gasteiger partial charge is 0.317 e. The van der Waals surface area contributed by atoms with Crippen molar-refractivity contribution in [2.24, 2.45) is 0 Å². The first-order valence-corrected chi connectivity index (χ1v) is 7.00. The molecule has 0 fully saturated rings. The van der Waals surface area contributed by atoms with Crippen LogP contribution in [0.4, 0.5) is 0 Å². The van der Waals surface area contributed by atoms with Crippen LogP contribution in [-0.2, 0) is 11.2 Å². The first-order valence-electron chi connectivity index (χ1n) is 6.27. The van der Waals surface area contributed by atoms with E-state index in [1.807, 2.05) is 44.3 Å². The van der Waals surface area contributed by atoms with E-state index >= 15 is 0 Å². The van der Waals surface area contributed by atoms with Gasteiger partial charge in [-0.3, -0.25) is 4.79 Å². The fourth-order valence-electron chi connectivity index (χ4n) is 1.93. The van der Waals surface area contributed by atoms with Gasteiger partial charge < -0.3 is 4.55 Å². The Labute approximate surface area is 114 Å². The van der Waals surface area contributed by atoms with Gasteiger partial charge in [0.05, 0.1) is 12.2 Å². The molecular formula is C14H21NO2S. The van der Waals surface area contributed by atoms with Crippen molar-refractivity contribution in [3.8, 4) is 0 Å². The molecule has 18 heavy (non-hydrogen) atoms. The molecule has 100 valence electrons. The molecule has 0 spiro atoms. The van der Waals surface area contributed by atoms with Gasteiger partial charge in [-0.1, -0.05) is 37.3 Å². The number of carbonyl (C=O) groups is 1. The summed E-state index contributed by atoms with van der Waals surface area (Å²) in [6, 6.07) is 10.1. The van der Waals surface area contributed by atoms with E-state index in [1.54, 1.807) is 4.31 Å². The highest BCUT2D eigenvalue weighted by Crippen LogP contribution is 2.17. The number of ketones is 1. The minimum atomic E-state index is 0.0430. The average molecular weight is 267 g/mol. The molecule has 1 aromatic rings. The van der Waals surface area contributed by atoms with Gasteiger partial charge in [-0.15, -0.1) is 0 Å². The lowest BCUT2D eigenvalue weighted by atomic mass is 10.00. The summed E-state index contributed by atoms with van der Waals surface area (Å²) >= 11 is 0.693. The number of likely N-dealkylation sites (N-methyl/N-ethyl adjacent to an activating group) is 1. The predicted molar refractivity (Wildman–Crippen MR) is 76.4 cm³/mol. The molecule has 0 unspecified atom stereocenters. The Hall–Kier alpha value is -0.840. The highest BCUT2D eigenvalue weighted by atomic mass is 32.2. The van der Waals surface area contributed by atoms with Gasteiger partial charge in [0.15, 0.2) is 0 Å². The first-order chi connectivity index (χ1) is 8.67. The monoisotopic (exact) mass is 267 g/mol. The Morgan fingerprint density at radius 1 is 1.39 bits per heavy atom. The number of nitrogens with zero attached hydrogens (tertiary/aromatic N) is 1. The zero-order valence-electron chi connectivity index (χ0n) is 11.0. The minimum Gasteiger partial charge on any atom is -0.317 e. The second-order valence-corrected chi connectivity index (χ2v) is 5.20. The first kappa shape index (κ1) is 15.2. The number of rotatable bonds is 8. The molecule has 0 aliphatic rings. The van der Waals surface area contributed by atoms with E-state index in [9.17, 15) is 4.79 Å². The van der Waals surface area contributed by atoms with Crippen LogP contribution < -0.4 is 0 Å². The van der Waals surface area contributed by atoms with Crippen LogP contribution in [0.3, 0.4) is 0 Å². The number of hydrogen-bond donors (Lipinski definition) is 1. The van der Waals surface area contributed by atoms with Crippen LogP contribution in [0.2, 0.25) is 0 Å². The standard InChI is InChI=1S/C14H21NO2S/c1-3-7-14(16)11-13(15(2)18-17)10-12-8-5-4-6-9-12/h4-6,8-9,13,17H,3,7,10-11H2,1-2H3/t13-/m0/s1. The molecule has 1 aromatic carbocycles. The zero-order valence-corrected chi connectivity index (χ0v) is 11.8. The maximum atomic E-state index is 11.7. The van der Waals surface area contributed by atoms with E-state index in [4.69, 9.17) is 4.55 Å². The van der Waals surface area contributed by atoms with Crippen molar-refractivity contribution < 1.29 is 9.35 Å². The Morgan fingerprint density at radius 2 is 2.06 bits per heavy atom. The van der Waals surface area contributed by atoms with Crippen molar-refractivity contribution in [2.75, 3.05) is 7.05 Å². The van der Waals surface area contributed by atoms with Crippen molar-refractivity contribution in [3.63, 3.8) is 0 Å². The molecule has 4 heteroatoms. The third-order valence-corrected chi connectivity index (χ3v) is 3.51. The quantitative estimate of drug-likeness (QED) is 0.579. The SMILES string of the molecule is CCCC(=O)C[C@H](Cc1ccccc1)N(C)SO.